The Labute approximate surface area is 120 Å². The number of carbonyl (C=O) groups excluding carboxylic acids is 2. The van der Waals surface area contributed by atoms with Gasteiger partial charge in [0.15, 0.2) is 0 Å². The van der Waals surface area contributed by atoms with Crippen LogP contribution >= 0.6 is 0 Å². The highest BCUT2D eigenvalue weighted by Gasteiger charge is 2.39. The van der Waals surface area contributed by atoms with Crippen LogP contribution in [-0.4, -0.2) is 59.9 Å². The Kier molecular flexibility index (Phi) is 4.08. The summed E-state index contributed by atoms with van der Waals surface area (Å²) in [5, 5.41) is 3.33. The first-order valence-electron chi connectivity index (χ1n) is 8.00. The lowest BCUT2D eigenvalue weighted by Crippen LogP contribution is -2.41. The molecule has 2 saturated heterocycles. The molecule has 3 rings (SSSR count). The van der Waals surface area contributed by atoms with Crippen LogP contribution in [0.25, 0.3) is 0 Å². The maximum absolute atomic E-state index is 12.1. The molecule has 0 bridgehead atoms. The Morgan fingerprint density at radius 1 is 1.25 bits per heavy atom. The molecule has 0 radical (unpaired) electrons. The van der Waals surface area contributed by atoms with Crippen molar-refractivity contribution in [1.29, 1.82) is 0 Å². The van der Waals surface area contributed by atoms with Crippen molar-refractivity contribution in [1.82, 2.24) is 15.1 Å². The number of rotatable bonds is 6. The van der Waals surface area contributed by atoms with Gasteiger partial charge in [0.1, 0.15) is 0 Å². The third-order valence-corrected chi connectivity index (χ3v) is 4.72. The summed E-state index contributed by atoms with van der Waals surface area (Å²) < 4.78 is 0. The van der Waals surface area contributed by atoms with Crippen LogP contribution in [0.2, 0.25) is 0 Å². The van der Waals surface area contributed by atoms with Gasteiger partial charge in [-0.05, 0) is 44.7 Å². The number of carbonyl (C=O) groups is 2. The van der Waals surface area contributed by atoms with Gasteiger partial charge in [0.25, 0.3) is 0 Å². The molecule has 1 N–H and O–H groups in total. The van der Waals surface area contributed by atoms with Crippen molar-refractivity contribution in [2.24, 2.45) is 5.92 Å². The molecular formula is C15H25N3O2. The lowest BCUT2D eigenvalue weighted by atomic mass is 10.1. The highest BCUT2D eigenvalue weighted by atomic mass is 16.2. The van der Waals surface area contributed by atoms with Crippen molar-refractivity contribution >= 4 is 11.8 Å². The SMILES string of the molecule is CCCN1C(=O)CC(NCC2CCN(C3CC3)C2)C1=O. The van der Waals surface area contributed by atoms with Crippen LogP contribution in [0.5, 0.6) is 0 Å². The first kappa shape index (κ1) is 14.0. The van der Waals surface area contributed by atoms with Crippen molar-refractivity contribution < 1.29 is 9.59 Å². The minimum absolute atomic E-state index is 0.0135. The minimum Gasteiger partial charge on any atom is -0.305 e. The van der Waals surface area contributed by atoms with Crippen LogP contribution in [0, 0.1) is 5.92 Å². The van der Waals surface area contributed by atoms with Gasteiger partial charge in [-0.1, -0.05) is 6.92 Å². The average molecular weight is 279 g/mol. The number of hydrogen-bond acceptors (Lipinski definition) is 4. The molecule has 3 fully saturated rings. The van der Waals surface area contributed by atoms with Crippen LogP contribution in [0.4, 0.5) is 0 Å². The monoisotopic (exact) mass is 279 g/mol. The lowest BCUT2D eigenvalue weighted by Gasteiger charge is -2.17. The molecule has 2 heterocycles. The Hall–Kier alpha value is -0.940. The van der Waals surface area contributed by atoms with Crippen LogP contribution < -0.4 is 5.32 Å². The zero-order chi connectivity index (χ0) is 14.1. The molecule has 112 valence electrons. The molecule has 0 aromatic rings. The van der Waals surface area contributed by atoms with Crippen molar-refractivity contribution in [3.63, 3.8) is 0 Å². The Morgan fingerprint density at radius 3 is 2.75 bits per heavy atom. The number of likely N-dealkylation sites (tertiary alicyclic amines) is 2. The molecule has 3 aliphatic rings. The molecule has 2 aliphatic heterocycles. The average Bonchev–Trinajstić information content (AvgIpc) is 3.12. The highest BCUT2D eigenvalue weighted by Crippen LogP contribution is 2.31. The van der Waals surface area contributed by atoms with Gasteiger partial charge >= 0.3 is 0 Å². The summed E-state index contributed by atoms with van der Waals surface area (Å²) in [6.45, 7) is 5.79. The Bertz CT molecular complexity index is 395. The molecule has 0 aromatic carbocycles. The molecule has 20 heavy (non-hydrogen) atoms. The topological polar surface area (TPSA) is 52.7 Å². The predicted molar refractivity (Wildman–Crippen MR) is 76.1 cm³/mol. The second-order valence-corrected chi connectivity index (χ2v) is 6.43. The van der Waals surface area contributed by atoms with E-state index in [-0.39, 0.29) is 17.9 Å². The van der Waals surface area contributed by atoms with E-state index in [2.05, 4.69) is 10.2 Å². The minimum atomic E-state index is -0.274. The van der Waals surface area contributed by atoms with E-state index < -0.39 is 0 Å². The Morgan fingerprint density at radius 2 is 2.05 bits per heavy atom. The third-order valence-electron chi connectivity index (χ3n) is 4.72. The fourth-order valence-corrected chi connectivity index (χ4v) is 3.41. The molecule has 1 saturated carbocycles. The fraction of sp³-hybridized carbons (Fsp3) is 0.867. The molecule has 1 aliphatic carbocycles. The van der Waals surface area contributed by atoms with Crippen molar-refractivity contribution in [2.75, 3.05) is 26.2 Å². The molecule has 2 unspecified atom stereocenters. The predicted octanol–water partition coefficient (Wildman–Crippen LogP) is 0.598. The van der Waals surface area contributed by atoms with E-state index in [1.807, 2.05) is 6.92 Å². The van der Waals surface area contributed by atoms with Crippen molar-refractivity contribution in [3.8, 4) is 0 Å². The van der Waals surface area contributed by atoms with E-state index in [1.54, 1.807) is 0 Å². The molecule has 2 atom stereocenters. The van der Waals surface area contributed by atoms with Crippen molar-refractivity contribution in [2.45, 2.75) is 51.1 Å². The summed E-state index contributed by atoms with van der Waals surface area (Å²) in [6.07, 6.45) is 5.13. The van der Waals surface area contributed by atoms with E-state index in [0.29, 0.717) is 18.9 Å². The summed E-state index contributed by atoms with van der Waals surface area (Å²) in [7, 11) is 0. The summed E-state index contributed by atoms with van der Waals surface area (Å²) in [4.78, 5) is 27.9. The number of nitrogens with zero attached hydrogens (tertiary/aromatic N) is 2. The number of nitrogens with one attached hydrogen (secondary N) is 1. The first-order chi connectivity index (χ1) is 9.69. The largest absolute Gasteiger partial charge is 0.305 e. The van der Waals surface area contributed by atoms with Gasteiger partial charge in [-0.25, -0.2) is 0 Å². The van der Waals surface area contributed by atoms with Gasteiger partial charge in [0.2, 0.25) is 11.8 Å². The fourth-order valence-electron chi connectivity index (χ4n) is 3.41. The van der Waals surface area contributed by atoms with Crippen LogP contribution in [0.1, 0.15) is 39.0 Å². The normalized spacial score (nSPS) is 31.6. The number of imide groups is 1. The second-order valence-electron chi connectivity index (χ2n) is 6.43. The van der Waals surface area contributed by atoms with Gasteiger partial charge in [-0.2, -0.15) is 0 Å². The van der Waals surface area contributed by atoms with Crippen LogP contribution in [0.15, 0.2) is 0 Å². The number of amides is 2. The summed E-state index contributed by atoms with van der Waals surface area (Å²) >= 11 is 0. The molecular weight excluding hydrogens is 254 g/mol. The molecule has 2 amide bonds. The summed E-state index contributed by atoms with van der Waals surface area (Å²) in [6, 6.07) is 0.568. The first-order valence-corrected chi connectivity index (χ1v) is 8.00. The highest BCUT2D eigenvalue weighted by molar-refractivity contribution is 6.05. The molecule has 0 aromatic heterocycles. The molecule has 5 nitrogen and oxygen atoms in total. The maximum Gasteiger partial charge on any atom is 0.246 e. The zero-order valence-electron chi connectivity index (χ0n) is 12.3. The molecule has 0 spiro atoms. The molecule has 5 heteroatoms. The number of hydrogen-bond donors (Lipinski definition) is 1. The Balaban J connectivity index is 1.44. The van der Waals surface area contributed by atoms with Crippen LogP contribution in [0.3, 0.4) is 0 Å². The third kappa shape index (κ3) is 2.88. The van der Waals surface area contributed by atoms with E-state index in [9.17, 15) is 9.59 Å². The van der Waals surface area contributed by atoms with Gasteiger partial charge in [0.05, 0.1) is 12.5 Å². The summed E-state index contributed by atoms with van der Waals surface area (Å²) in [5.41, 5.74) is 0. The lowest BCUT2D eigenvalue weighted by molar-refractivity contribution is -0.138. The van der Waals surface area contributed by atoms with Gasteiger partial charge in [-0.15, -0.1) is 0 Å². The van der Waals surface area contributed by atoms with Gasteiger partial charge in [0, 0.05) is 19.1 Å². The zero-order valence-corrected chi connectivity index (χ0v) is 12.3. The van der Waals surface area contributed by atoms with Crippen molar-refractivity contribution in [3.05, 3.63) is 0 Å². The smallest absolute Gasteiger partial charge is 0.246 e. The van der Waals surface area contributed by atoms with Crippen LogP contribution in [-0.2, 0) is 9.59 Å². The maximum atomic E-state index is 12.1. The van der Waals surface area contributed by atoms with E-state index in [4.69, 9.17) is 0 Å². The second kappa shape index (κ2) is 5.82. The van der Waals surface area contributed by atoms with Gasteiger partial charge in [-0.3, -0.25) is 14.5 Å². The summed E-state index contributed by atoms with van der Waals surface area (Å²) in [5.74, 6) is 0.605. The quantitative estimate of drug-likeness (QED) is 0.723. The standard InChI is InChI=1S/C15H25N3O2/c1-2-6-18-14(19)8-13(15(18)20)16-9-11-5-7-17(10-11)12-3-4-12/h11-13,16H,2-10H2,1H3. The van der Waals surface area contributed by atoms with Gasteiger partial charge < -0.3 is 10.2 Å². The van der Waals surface area contributed by atoms with E-state index in [1.165, 1.54) is 30.7 Å². The van der Waals surface area contributed by atoms with E-state index >= 15 is 0 Å². The van der Waals surface area contributed by atoms with E-state index in [0.717, 1.165) is 25.6 Å².